The minimum atomic E-state index is 0.614. The molecule has 0 aliphatic rings. The molecule has 2 aromatic carbocycles. The van der Waals surface area contributed by atoms with E-state index in [1.807, 2.05) is 12.1 Å². The van der Waals surface area contributed by atoms with Crippen molar-refractivity contribution in [1.29, 1.82) is 5.26 Å². The SMILES string of the molecule is Cc1cc[n+](C)c(-c2cc3c(cc2C)oc2cc(C#N)ccc23)c1. The monoisotopic (exact) mass is 313 g/mol. The maximum absolute atomic E-state index is 9.07. The Hall–Kier alpha value is -3.12. The number of rotatable bonds is 1. The van der Waals surface area contributed by atoms with Crippen molar-refractivity contribution in [1.82, 2.24) is 0 Å². The molecule has 0 radical (unpaired) electrons. The Morgan fingerprint density at radius 1 is 0.958 bits per heavy atom. The quantitative estimate of drug-likeness (QED) is 0.483. The van der Waals surface area contributed by atoms with E-state index in [-0.39, 0.29) is 0 Å². The maximum atomic E-state index is 9.07. The molecule has 0 aliphatic carbocycles. The van der Waals surface area contributed by atoms with Crippen molar-refractivity contribution in [2.75, 3.05) is 0 Å². The average Bonchev–Trinajstić information content (AvgIpc) is 2.92. The third-order valence-corrected chi connectivity index (χ3v) is 4.53. The molecule has 0 bridgehead atoms. The van der Waals surface area contributed by atoms with E-state index >= 15 is 0 Å². The summed E-state index contributed by atoms with van der Waals surface area (Å²) in [7, 11) is 2.06. The minimum Gasteiger partial charge on any atom is -0.456 e. The summed E-state index contributed by atoms with van der Waals surface area (Å²) in [6, 6.07) is 16.3. The highest BCUT2D eigenvalue weighted by Gasteiger charge is 2.16. The summed E-state index contributed by atoms with van der Waals surface area (Å²) in [6.45, 7) is 4.21. The van der Waals surface area contributed by atoms with E-state index in [0.717, 1.165) is 21.9 Å². The molecule has 0 aliphatic heterocycles. The van der Waals surface area contributed by atoms with Gasteiger partial charge in [0.2, 0.25) is 5.69 Å². The fraction of sp³-hybridized carbons (Fsp3) is 0.143. The van der Waals surface area contributed by atoms with Crippen molar-refractivity contribution in [3.63, 3.8) is 0 Å². The molecule has 0 amide bonds. The van der Waals surface area contributed by atoms with Crippen molar-refractivity contribution >= 4 is 21.9 Å². The van der Waals surface area contributed by atoms with Crippen LogP contribution in [0.3, 0.4) is 0 Å². The van der Waals surface area contributed by atoms with Crippen molar-refractivity contribution in [3.8, 4) is 17.3 Å². The standard InChI is InChI=1S/C21H17N2O/c1-13-6-7-23(3)19(8-13)17-11-18-16-5-4-15(12-22)10-21(16)24-20(18)9-14(17)2/h4-11H,1-3H3/q+1. The van der Waals surface area contributed by atoms with Gasteiger partial charge in [0.1, 0.15) is 18.2 Å². The van der Waals surface area contributed by atoms with Gasteiger partial charge < -0.3 is 4.42 Å². The topological polar surface area (TPSA) is 40.8 Å². The number of hydrogen-bond acceptors (Lipinski definition) is 2. The number of hydrogen-bond donors (Lipinski definition) is 0. The molecule has 116 valence electrons. The highest BCUT2D eigenvalue weighted by atomic mass is 16.3. The first kappa shape index (κ1) is 14.5. The first-order chi connectivity index (χ1) is 11.6. The third kappa shape index (κ3) is 2.16. The lowest BCUT2D eigenvalue weighted by atomic mass is 10.00. The Morgan fingerprint density at radius 3 is 2.54 bits per heavy atom. The van der Waals surface area contributed by atoms with E-state index in [1.54, 1.807) is 6.07 Å². The van der Waals surface area contributed by atoms with Gasteiger partial charge in [-0.1, -0.05) is 0 Å². The number of furan rings is 1. The molecule has 0 spiro atoms. The van der Waals surface area contributed by atoms with Crippen molar-refractivity contribution in [2.24, 2.45) is 7.05 Å². The molecule has 24 heavy (non-hydrogen) atoms. The molecule has 0 fully saturated rings. The molecule has 0 saturated carbocycles. The summed E-state index contributed by atoms with van der Waals surface area (Å²) < 4.78 is 8.10. The summed E-state index contributed by atoms with van der Waals surface area (Å²) in [5, 5.41) is 11.2. The first-order valence-electron chi connectivity index (χ1n) is 7.90. The Balaban J connectivity index is 2.04. The second-order valence-electron chi connectivity index (χ2n) is 6.29. The second-order valence-corrected chi connectivity index (χ2v) is 6.29. The van der Waals surface area contributed by atoms with Crippen LogP contribution < -0.4 is 4.57 Å². The summed E-state index contributed by atoms with van der Waals surface area (Å²) >= 11 is 0. The molecule has 3 nitrogen and oxygen atoms in total. The number of aryl methyl sites for hydroxylation is 3. The zero-order valence-corrected chi connectivity index (χ0v) is 13.9. The van der Waals surface area contributed by atoms with E-state index in [1.165, 1.54) is 22.4 Å². The minimum absolute atomic E-state index is 0.614. The van der Waals surface area contributed by atoms with Crippen molar-refractivity contribution < 1.29 is 8.98 Å². The second kappa shape index (κ2) is 5.21. The molecule has 4 aromatic rings. The molecule has 0 atom stereocenters. The number of nitrogens with zero attached hydrogens (tertiary/aromatic N) is 2. The molecular weight excluding hydrogens is 296 g/mol. The Morgan fingerprint density at radius 2 is 1.75 bits per heavy atom. The van der Waals surface area contributed by atoms with Crippen LogP contribution in [0.4, 0.5) is 0 Å². The number of fused-ring (bicyclic) bond motifs is 3. The molecule has 2 heterocycles. The van der Waals surface area contributed by atoms with Crippen LogP contribution in [-0.4, -0.2) is 0 Å². The summed E-state index contributed by atoms with van der Waals surface area (Å²) in [4.78, 5) is 0. The predicted molar refractivity (Wildman–Crippen MR) is 94.5 cm³/mol. The van der Waals surface area contributed by atoms with Crippen molar-refractivity contribution in [3.05, 3.63) is 65.4 Å². The van der Waals surface area contributed by atoms with Gasteiger partial charge >= 0.3 is 0 Å². The molecule has 3 heteroatoms. The fourth-order valence-corrected chi connectivity index (χ4v) is 3.21. The van der Waals surface area contributed by atoms with Crippen LogP contribution in [0.15, 0.2) is 53.1 Å². The van der Waals surface area contributed by atoms with Crippen molar-refractivity contribution in [2.45, 2.75) is 13.8 Å². The molecule has 2 aromatic heterocycles. The number of nitriles is 1. The molecule has 0 N–H and O–H groups in total. The fourth-order valence-electron chi connectivity index (χ4n) is 3.21. The van der Waals surface area contributed by atoms with Crippen LogP contribution in [0.25, 0.3) is 33.2 Å². The number of aromatic nitrogens is 1. The van der Waals surface area contributed by atoms with Gasteiger partial charge in [0.05, 0.1) is 11.6 Å². The molecular formula is C21H17N2O+. The molecule has 0 saturated heterocycles. The largest absolute Gasteiger partial charge is 0.456 e. The van der Waals surface area contributed by atoms with Gasteiger partial charge in [0, 0.05) is 28.5 Å². The first-order valence-corrected chi connectivity index (χ1v) is 7.90. The highest BCUT2D eigenvalue weighted by Crippen LogP contribution is 2.34. The summed E-state index contributed by atoms with van der Waals surface area (Å²) in [5.41, 5.74) is 7.01. The van der Waals surface area contributed by atoms with Gasteiger partial charge in [-0.3, -0.25) is 0 Å². The highest BCUT2D eigenvalue weighted by molar-refractivity contribution is 6.06. The Labute approximate surface area is 140 Å². The average molecular weight is 313 g/mol. The van der Waals surface area contributed by atoms with Crippen LogP contribution >= 0.6 is 0 Å². The van der Waals surface area contributed by atoms with E-state index in [0.29, 0.717) is 5.56 Å². The number of pyridine rings is 1. The van der Waals surface area contributed by atoms with Gasteiger partial charge in [0.15, 0.2) is 6.20 Å². The smallest absolute Gasteiger partial charge is 0.212 e. The van der Waals surface area contributed by atoms with Gasteiger partial charge in [-0.2, -0.15) is 5.26 Å². The van der Waals surface area contributed by atoms with Crippen LogP contribution in [0, 0.1) is 25.2 Å². The van der Waals surface area contributed by atoms with Crippen LogP contribution in [0.1, 0.15) is 16.7 Å². The Bertz CT molecular complexity index is 1150. The lowest BCUT2D eigenvalue weighted by Crippen LogP contribution is -2.30. The van der Waals surface area contributed by atoms with E-state index in [2.05, 4.69) is 62.0 Å². The normalized spacial score (nSPS) is 11.1. The zero-order chi connectivity index (χ0) is 16.8. The van der Waals surface area contributed by atoms with Gasteiger partial charge in [-0.25, -0.2) is 4.57 Å². The predicted octanol–water partition coefficient (Wildman–Crippen LogP) is 4.57. The van der Waals surface area contributed by atoms with E-state index in [9.17, 15) is 0 Å². The molecule has 4 rings (SSSR count). The van der Waals surface area contributed by atoms with E-state index in [4.69, 9.17) is 9.68 Å². The van der Waals surface area contributed by atoms with Gasteiger partial charge in [0.25, 0.3) is 0 Å². The van der Waals surface area contributed by atoms with Gasteiger partial charge in [-0.05, 0) is 55.3 Å². The zero-order valence-electron chi connectivity index (χ0n) is 13.9. The summed E-state index contributed by atoms with van der Waals surface area (Å²) in [6.07, 6.45) is 2.08. The molecule has 0 unspecified atom stereocenters. The maximum Gasteiger partial charge on any atom is 0.212 e. The van der Waals surface area contributed by atoms with Gasteiger partial charge in [-0.15, -0.1) is 0 Å². The van der Waals surface area contributed by atoms with Crippen LogP contribution in [0.2, 0.25) is 0 Å². The number of benzene rings is 2. The van der Waals surface area contributed by atoms with Crippen LogP contribution in [-0.2, 0) is 7.05 Å². The lowest BCUT2D eigenvalue weighted by Gasteiger charge is -2.05. The Kier molecular flexibility index (Phi) is 3.14. The summed E-state index contributed by atoms with van der Waals surface area (Å²) in [5.74, 6) is 0. The third-order valence-electron chi connectivity index (χ3n) is 4.53. The lowest BCUT2D eigenvalue weighted by molar-refractivity contribution is -0.660. The van der Waals surface area contributed by atoms with Crippen LogP contribution in [0.5, 0.6) is 0 Å². The van der Waals surface area contributed by atoms with E-state index < -0.39 is 0 Å².